The molecule has 1 aromatic carbocycles. The highest BCUT2D eigenvalue weighted by atomic mass is 79.9. The molecule has 0 aromatic heterocycles. The van der Waals surface area contributed by atoms with Gasteiger partial charge >= 0.3 is 0 Å². The lowest BCUT2D eigenvalue weighted by molar-refractivity contribution is 0.473. The summed E-state index contributed by atoms with van der Waals surface area (Å²) in [4.78, 5) is 0. The second-order valence-corrected chi connectivity index (χ2v) is 5.74. The lowest BCUT2D eigenvalue weighted by atomic mass is 9.99. The monoisotopic (exact) mass is 317 g/mol. The first kappa shape index (κ1) is 14.8. The molecule has 96 valence electrons. The minimum atomic E-state index is 0.745. The molecule has 17 heavy (non-hydrogen) atoms. The minimum Gasteiger partial charge on any atom is -0.384 e. The predicted molar refractivity (Wildman–Crippen MR) is 80.9 cm³/mol. The fourth-order valence-corrected chi connectivity index (χ4v) is 2.57. The van der Waals surface area contributed by atoms with Crippen LogP contribution in [0.15, 0.2) is 22.7 Å². The Morgan fingerprint density at radius 2 is 2.12 bits per heavy atom. The van der Waals surface area contributed by atoms with E-state index in [0.29, 0.717) is 0 Å². The maximum atomic E-state index is 6.17. The SMILES string of the molecule is CCCCC(CC)CNc1ccc(Br)cc1Cl. The van der Waals surface area contributed by atoms with E-state index in [1.807, 2.05) is 18.2 Å². The van der Waals surface area contributed by atoms with Crippen LogP contribution in [0.2, 0.25) is 5.02 Å². The van der Waals surface area contributed by atoms with Crippen LogP contribution >= 0.6 is 27.5 Å². The van der Waals surface area contributed by atoms with Crippen molar-refractivity contribution in [1.29, 1.82) is 0 Å². The Kier molecular flexibility index (Phi) is 6.98. The number of rotatable bonds is 7. The van der Waals surface area contributed by atoms with Crippen molar-refractivity contribution in [3.05, 3.63) is 27.7 Å². The van der Waals surface area contributed by atoms with E-state index in [2.05, 4.69) is 35.1 Å². The van der Waals surface area contributed by atoms with Crippen LogP contribution in [0, 0.1) is 5.92 Å². The second-order valence-electron chi connectivity index (χ2n) is 4.42. The van der Waals surface area contributed by atoms with E-state index < -0.39 is 0 Å². The Balaban J connectivity index is 2.47. The molecule has 1 nitrogen and oxygen atoms in total. The highest BCUT2D eigenvalue weighted by molar-refractivity contribution is 9.10. The van der Waals surface area contributed by atoms with Gasteiger partial charge in [0, 0.05) is 11.0 Å². The van der Waals surface area contributed by atoms with Gasteiger partial charge in [0.1, 0.15) is 0 Å². The number of hydrogen-bond donors (Lipinski definition) is 1. The third-order valence-electron chi connectivity index (χ3n) is 3.06. The van der Waals surface area contributed by atoms with Crippen molar-refractivity contribution in [2.24, 2.45) is 5.92 Å². The maximum absolute atomic E-state index is 6.17. The lowest BCUT2D eigenvalue weighted by Crippen LogP contribution is -2.13. The van der Waals surface area contributed by atoms with Crippen LogP contribution < -0.4 is 5.32 Å². The zero-order valence-electron chi connectivity index (χ0n) is 10.6. The third kappa shape index (κ3) is 5.31. The highest BCUT2D eigenvalue weighted by Gasteiger charge is 2.07. The van der Waals surface area contributed by atoms with Crippen molar-refractivity contribution in [3.8, 4) is 0 Å². The van der Waals surface area contributed by atoms with E-state index in [9.17, 15) is 0 Å². The molecule has 1 rings (SSSR count). The molecule has 0 saturated heterocycles. The predicted octanol–water partition coefficient (Wildman–Crippen LogP) is 5.73. The summed E-state index contributed by atoms with van der Waals surface area (Å²) in [5.74, 6) is 0.745. The molecule has 0 saturated carbocycles. The van der Waals surface area contributed by atoms with E-state index in [0.717, 1.165) is 27.6 Å². The molecule has 3 heteroatoms. The van der Waals surface area contributed by atoms with Crippen molar-refractivity contribution in [1.82, 2.24) is 0 Å². The highest BCUT2D eigenvalue weighted by Crippen LogP contribution is 2.26. The van der Waals surface area contributed by atoms with Crippen molar-refractivity contribution in [3.63, 3.8) is 0 Å². The van der Waals surface area contributed by atoms with E-state index in [1.165, 1.54) is 25.7 Å². The van der Waals surface area contributed by atoms with Crippen LogP contribution in [0.5, 0.6) is 0 Å². The summed E-state index contributed by atoms with van der Waals surface area (Å²) in [6.07, 6.45) is 5.11. The summed E-state index contributed by atoms with van der Waals surface area (Å²) in [5.41, 5.74) is 1.03. The number of halogens is 2. The molecule has 1 unspecified atom stereocenters. The molecule has 0 spiro atoms. The molecule has 0 bridgehead atoms. The van der Waals surface area contributed by atoms with Gasteiger partial charge in [0.25, 0.3) is 0 Å². The van der Waals surface area contributed by atoms with Crippen LogP contribution in [0.25, 0.3) is 0 Å². The maximum Gasteiger partial charge on any atom is 0.0648 e. The first-order valence-corrected chi connectivity index (χ1v) is 7.53. The molecule has 0 aliphatic carbocycles. The van der Waals surface area contributed by atoms with Crippen LogP contribution in [0.3, 0.4) is 0 Å². The summed E-state index contributed by atoms with van der Waals surface area (Å²) in [6, 6.07) is 5.97. The second kappa shape index (κ2) is 7.99. The van der Waals surface area contributed by atoms with Crippen LogP contribution in [0.4, 0.5) is 5.69 Å². The molecule has 0 fully saturated rings. The molecule has 0 heterocycles. The largest absolute Gasteiger partial charge is 0.384 e. The number of unbranched alkanes of at least 4 members (excludes halogenated alkanes) is 1. The quantitative estimate of drug-likeness (QED) is 0.677. The molecular formula is C14H21BrClN. The summed E-state index contributed by atoms with van der Waals surface area (Å²) in [5, 5.41) is 4.23. The van der Waals surface area contributed by atoms with Crippen LogP contribution in [-0.2, 0) is 0 Å². The molecule has 0 aliphatic heterocycles. The fraction of sp³-hybridized carbons (Fsp3) is 0.571. The van der Waals surface area contributed by atoms with Crippen molar-refractivity contribution in [2.75, 3.05) is 11.9 Å². The van der Waals surface area contributed by atoms with E-state index in [-0.39, 0.29) is 0 Å². The Hall–Kier alpha value is -0.210. The average Bonchev–Trinajstić information content (AvgIpc) is 2.31. The Morgan fingerprint density at radius 1 is 1.35 bits per heavy atom. The van der Waals surface area contributed by atoms with Gasteiger partial charge in [0.2, 0.25) is 0 Å². The summed E-state index contributed by atoms with van der Waals surface area (Å²) in [7, 11) is 0. The average molecular weight is 319 g/mol. The van der Waals surface area contributed by atoms with Crippen molar-refractivity contribution >= 4 is 33.2 Å². The third-order valence-corrected chi connectivity index (χ3v) is 3.86. The van der Waals surface area contributed by atoms with Gasteiger partial charge in [-0.3, -0.25) is 0 Å². The van der Waals surface area contributed by atoms with Gasteiger partial charge in [-0.1, -0.05) is 60.6 Å². The molecule has 1 atom stereocenters. The Morgan fingerprint density at radius 3 is 2.71 bits per heavy atom. The molecular weight excluding hydrogens is 298 g/mol. The van der Waals surface area contributed by atoms with Gasteiger partial charge in [0.05, 0.1) is 10.7 Å². The van der Waals surface area contributed by atoms with Gasteiger partial charge in [-0.2, -0.15) is 0 Å². The fourth-order valence-electron chi connectivity index (χ4n) is 1.83. The van der Waals surface area contributed by atoms with Gasteiger partial charge in [-0.25, -0.2) is 0 Å². The Bertz CT molecular complexity index is 341. The zero-order valence-corrected chi connectivity index (χ0v) is 12.9. The van der Waals surface area contributed by atoms with Gasteiger partial charge in [-0.05, 0) is 30.5 Å². The van der Waals surface area contributed by atoms with E-state index in [4.69, 9.17) is 11.6 Å². The smallest absolute Gasteiger partial charge is 0.0648 e. The number of nitrogens with one attached hydrogen (secondary N) is 1. The van der Waals surface area contributed by atoms with Crippen LogP contribution in [-0.4, -0.2) is 6.54 Å². The zero-order chi connectivity index (χ0) is 12.7. The van der Waals surface area contributed by atoms with E-state index >= 15 is 0 Å². The summed E-state index contributed by atoms with van der Waals surface area (Å²) < 4.78 is 1.02. The number of hydrogen-bond acceptors (Lipinski definition) is 1. The first-order chi connectivity index (χ1) is 8.17. The molecule has 0 aliphatic rings. The summed E-state index contributed by atoms with van der Waals surface area (Å²) >= 11 is 9.58. The van der Waals surface area contributed by atoms with Gasteiger partial charge in [0.15, 0.2) is 0 Å². The van der Waals surface area contributed by atoms with E-state index in [1.54, 1.807) is 0 Å². The number of benzene rings is 1. The number of anilines is 1. The van der Waals surface area contributed by atoms with Crippen LogP contribution in [0.1, 0.15) is 39.5 Å². The van der Waals surface area contributed by atoms with Crippen molar-refractivity contribution < 1.29 is 0 Å². The Labute approximate surface area is 118 Å². The normalized spacial score (nSPS) is 12.5. The first-order valence-electron chi connectivity index (χ1n) is 6.36. The minimum absolute atomic E-state index is 0.745. The topological polar surface area (TPSA) is 12.0 Å². The standard InChI is InChI=1S/C14H21BrClN/c1-3-5-6-11(4-2)10-17-14-8-7-12(15)9-13(14)16/h7-9,11,17H,3-6,10H2,1-2H3. The molecule has 1 N–H and O–H groups in total. The van der Waals surface area contributed by atoms with Gasteiger partial charge in [-0.15, -0.1) is 0 Å². The summed E-state index contributed by atoms with van der Waals surface area (Å²) in [6.45, 7) is 5.51. The van der Waals surface area contributed by atoms with Gasteiger partial charge < -0.3 is 5.32 Å². The molecule has 0 amide bonds. The lowest BCUT2D eigenvalue weighted by Gasteiger charge is -2.16. The molecule has 1 aromatic rings. The van der Waals surface area contributed by atoms with Crippen molar-refractivity contribution in [2.45, 2.75) is 39.5 Å². The molecule has 0 radical (unpaired) electrons.